The first-order valence-corrected chi connectivity index (χ1v) is 6.69. The standard InChI is InChI=1S/C15H16N4/c16-11-4-5-14-13(10-11)17-15-6-7-18(8-9-19(14)15)12-2-1-3-12/h1-5,10H,6-9,16H2. The number of aromatic nitrogens is 2. The Morgan fingerprint density at radius 2 is 2.05 bits per heavy atom. The van der Waals surface area contributed by atoms with Crippen LogP contribution in [0.3, 0.4) is 0 Å². The van der Waals surface area contributed by atoms with Gasteiger partial charge in [-0.05, 0) is 30.4 Å². The molecule has 0 saturated heterocycles. The fourth-order valence-corrected chi connectivity index (χ4v) is 2.86. The molecule has 1 aliphatic heterocycles. The Bertz CT molecular complexity index is 708. The Hall–Kier alpha value is -2.23. The zero-order chi connectivity index (χ0) is 12.8. The van der Waals surface area contributed by atoms with Crippen LogP contribution in [0.2, 0.25) is 0 Å². The summed E-state index contributed by atoms with van der Waals surface area (Å²) in [7, 11) is 0. The Labute approximate surface area is 111 Å². The number of fused-ring (bicyclic) bond motifs is 3. The van der Waals surface area contributed by atoms with Crippen molar-refractivity contribution >= 4 is 16.7 Å². The molecule has 0 atom stereocenters. The van der Waals surface area contributed by atoms with Gasteiger partial charge in [0.1, 0.15) is 5.82 Å². The molecule has 0 bridgehead atoms. The van der Waals surface area contributed by atoms with Gasteiger partial charge in [0.25, 0.3) is 0 Å². The molecule has 2 N–H and O–H groups in total. The van der Waals surface area contributed by atoms with E-state index in [0.717, 1.165) is 37.3 Å². The van der Waals surface area contributed by atoms with Gasteiger partial charge in [0.05, 0.1) is 11.0 Å². The predicted molar refractivity (Wildman–Crippen MR) is 76.6 cm³/mol. The van der Waals surface area contributed by atoms with E-state index in [-0.39, 0.29) is 0 Å². The fraction of sp³-hybridized carbons (Fsp3) is 0.267. The van der Waals surface area contributed by atoms with Crippen molar-refractivity contribution in [1.29, 1.82) is 0 Å². The molecule has 96 valence electrons. The van der Waals surface area contributed by atoms with E-state index in [4.69, 9.17) is 10.7 Å². The SMILES string of the molecule is Nc1ccc2c(c1)nc1n2CCN(C2=CC=C2)CC1. The maximum absolute atomic E-state index is 5.83. The zero-order valence-corrected chi connectivity index (χ0v) is 10.7. The highest BCUT2D eigenvalue weighted by atomic mass is 15.2. The lowest BCUT2D eigenvalue weighted by Gasteiger charge is -2.25. The third-order valence-corrected chi connectivity index (χ3v) is 3.95. The maximum Gasteiger partial charge on any atom is 0.111 e. The number of hydrogen-bond donors (Lipinski definition) is 1. The minimum atomic E-state index is 0.784. The van der Waals surface area contributed by atoms with Gasteiger partial charge in [-0.1, -0.05) is 6.08 Å². The van der Waals surface area contributed by atoms with E-state index in [1.807, 2.05) is 12.1 Å². The normalized spacial score (nSPS) is 17.9. The molecule has 0 amide bonds. The number of imidazole rings is 1. The van der Waals surface area contributed by atoms with Crippen LogP contribution in [0.15, 0.2) is 42.1 Å². The summed E-state index contributed by atoms with van der Waals surface area (Å²) >= 11 is 0. The van der Waals surface area contributed by atoms with Crippen LogP contribution in [0.25, 0.3) is 11.0 Å². The minimum absolute atomic E-state index is 0.784. The molecule has 1 aliphatic carbocycles. The highest BCUT2D eigenvalue weighted by Gasteiger charge is 2.19. The third kappa shape index (κ3) is 1.63. The largest absolute Gasteiger partial charge is 0.399 e. The van der Waals surface area contributed by atoms with Gasteiger partial charge in [-0.2, -0.15) is 0 Å². The van der Waals surface area contributed by atoms with Crippen LogP contribution < -0.4 is 5.73 Å². The maximum atomic E-state index is 5.83. The van der Waals surface area contributed by atoms with E-state index in [2.05, 4.69) is 33.8 Å². The number of anilines is 1. The van der Waals surface area contributed by atoms with Crippen LogP contribution in [0.1, 0.15) is 5.82 Å². The zero-order valence-electron chi connectivity index (χ0n) is 10.7. The van der Waals surface area contributed by atoms with Crippen molar-refractivity contribution in [2.45, 2.75) is 13.0 Å². The fourth-order valence-electron chi connectivity index (χ4n) is 2.86. The Kier molecular flexibility index (Phi) is 2.18. The summed E-state index contributed by atoms with van der Waals surface area (Å²) in [5.74, 6) is 1.17. The number of benzene rings is 1. The molecule has 0 fully saturated rings. The van der Waals surface area contributed by atoms with Crippen molar-refractivity contribution in [1.82, 2.24) is 14.5 Å². The summed E-state index contributed by atoms with van der Waals surface area (Å²) in [5.41, 5.74) is 10.2. The summed E-state index contributed by atoms with van der Waals surface area (Å²) in [5, 5.41) is 0. The van der Waals surface area contributed by atoms with E-state index in [1.165, 1.54) is 17.0 Å². The average molecular weight is 252 g/mol. The lowest BCUT2D eigenvalue weighted by molar-refractivity contribution is 0.359. The van der Waals surface area contributed by atoms with Crippen LogP contribution >= 0.6 is 0 Å². The number of hydrogen-bond acceptors (Lipinski definition) is 3. The number of nitrogen functional groups attached to an aromatic ring is 1. The molecule has 1 aromatic carbocycles. The molecule has 0 saturated carbocycles. The first-order chi connectivity index (χ1) is 9.31. The Balaban J connectivity index is 1.70. The van der Waals surface area contributed by atoms with Gasteiger partial charge >= 0.3 is 0 Å². The lowest BCUT2D eigenvalue weighted by Crippen LogP contribution is -2.26. The highest BCUT2D eigenvalue weighted by Crippen LogP contribution is 2.23. The highest BCUT2D eigenvalue weighted by molar-refractivity contribution is 5.79. The molecule has 4 heteroatoms. The predicted octanol–water partition coefficient (Wildman–Crippen LogP) is 1.93. The molecule has 0 spiro atoms. The molecular formula is C15H16N4. The van der Waals surface area contributed by atoms with Crippen molar-refractivity contribution < 1.29 is 0 Å². The minimum Gasteiger partial charge on any atom is -0.399 e. The first kappa shape index (κ1) is 10.7. The van der Waals surface area contributed by atoms with Crippen LogP contribution in [-0.2, 0) is 13.0 Å². The summed E-state index contributed by atoms with van der Waals surface area (Å²) in [6.45, 7) is 3.06. The molecular weight excluding hydrogens is 236 g/mol. The molecule has 0 unspecified atom stereocenters. The van der Waals surface area contributed by atoms with E-state index in [1.54, 1.807) is 0 Å². The Morgan fingerprint density at radius 3 is 2.84 bits per heavy atom. The van der Waals surface area contributed by atoms with Gasteiger partial charge in [0.2, 0.25) is 0 Å². The molecule has 2 aromatic rings. The molecule has 4 rings (SSSR count). The van der Waals surface area contributed by atoms with Gasteiger partial charge in [-0.25, -0.2) is 4.98 Å². The number of allylic oxidation sites excluding steroid dienone is 3. The van der Waals surface area contributed by atoms with Crippen LogP contribution in [-0.4, -0.2) is 27.5 Å². The van der Waals surface area contributed by atoms with E-state index < -0.39 is 0 Å². The lowest BCUT2D eigenvalue weighted by atomic mass is 10.2. The van der Waals surface area contributed by atoms with E-state index in [0.29, 0.717) is 0 Å². The molecule has 19 heavy (non-hydrogen) atoms. The van der Waals surface area contributed by atoms with E-state index in [9.17, 15) is 0 Å². The van der Waals surface area contributed by atoms with Crippen molar-refractivity contribution in [2.24, 2.45) is 0 Å². The monoisotopic (exact) mass is 252 g/mol. The molecule has 4 nitrogen and oxygen atoms in total. The summed E-state index contributed by atoms with van der Waals surface area (Å²) in [6, 6.07) is 6.00. The van der Waals surface area contributed by atoms with Crippen molar-refractivity contribution in [3.8, 4) is 0 Å². The number of nitrogens with two attached hydrogens (primary N) is 1. The topological polar surface area (TPSA) is 47.1 Å². The smallest absolute Gasteiger partial charge is 0.111 e. The summed E-state index contributed by atoms with van der Waals surface area (Å²) in [4.78, 5) is 7.16. The second kappa shape index (κ2) is 3.88. The first-order valence-electron chi connectivity index (χ1n) is 6.69. The number of rotatable bonds is 1. The van der Waals surface area contributed by atoms with Gasteiger partial charge in [0, 0.05) is 37.4 Å². The molecule has 1 aromatic heterocycles. The van der Waals surface area contributed by atoms with Gasteiger partial charge < -0.3 is 15.2 Å². The van der Waals surface area contributed by atoms with E-state index >= 15 is 0 Å². The molecule has 0 radical (unpaired) electrons. The molecule has 2 heterocycles. The Morgan fingerprint density at radius 1 is 1.16 bits per heavy atom. The molecule has 2 aliphatic rings. The third-order valence-electron chi connectivity index (χ3n) is 3.95. The van der Waals surface area contributed by atoms with Crippen molar-refractivity contribution in [3.63, 3.8) is 0 Å². The van der Waals surface area contributed by atoms with Crippen LogP contribution in [0.4, 0.5) is 5.69 Å². The van der Waals surface area contributed by atoms with Gasteiger partial charge in [0.15, 0.2) is 0 Å². The summed E-state index contributed by atoms with van der Waals surface area (Å²) in [6.07, 6.45) is 7.43. The van der Waals surface area contributed by atoms with Crippen molar-refractivity contribution in [2.75, 3.05) is 18.8 Å². The second-order valence-corrected chi connectivity index (χ2v) is 5.12. The summed E-state index contributed by atoms with van der Waals surface area (Å²) < 4.78 is 2.33. The van der Waals surface area contributed by atoms with Gasteiger partial charge in [-0.3, -0.25) is 0 Å². The van der Waals surface area contributed by atoms with Crippen LogP contribution in [0, 0.1) is 0 Å². The second-order valence-electron chi connectivity index (χ2n) is 5.12. The van der Waals surface area contributed by atoms with Crippen LogP contribution in [0.5, 0.6) is 0 Å². The average Bonchev–Trinajstić information content (AvgIpc) is 2.54. The van der Waals surface area contributed by atoms with Gasteiger partial charge in [-0.15, -0.1) is 0 Å². The van der Waals surface area contributed by atoms with Crippen molar-refractivity contribution in [3.05, 3.63) is 47.9 Å². The quantitative estimate of drug-likeness (QED) is 0.789. The number of nitrogens with zero attached hydrogens (tertiary/aromatic N) is 3.